The first-order chi connectivity index (χ1) is 14.1. The first-order valence-corrected chi connectivity index (χ1v) is 12.9. The minimum atomic E-state index is -2.78. The lowest BCUT2D eigenvalue weighted by atomic mass is 9.38. The first kappa shape index (κ1) is 21.3. The molecule has 3 heterocycles. The molecule has 1 aliphatic rings. The van der Waals surface area contributed by atoms with Gasteiger partial charge in [-0.05, 0) is 17.7 Å². The van der Waals surface area contributed by atoms with Crippen LogP contribution in [0.4, 0.5) is 5.95 Å². The second-order valence-corrected chi connectivity index (χ2v) is 12.0. The van der Waals surface area contributed by atoms with E-state index in [-0.39, 0.29) is 5.11 Å². The van der Waals surface area contributed by atoms with Crippen LogP contribution in [0.15, 0.2) is 41.0 Å². The highest BCUT2D eigenvalue weighted by Gasteiger charge is 2.34. The Balaban J connectivity index is 1.51. The summed E-state index contributed by atoms with van der Waals surface area (Å²) >= 11 is 1.68. The van der Waals surface area contributed by atoms with Gasteiger partial charge in [0.05, 0.1) is 53.9 Å². The van der Waals surface area contributed by atoms with E-state index in [1.807, 2.05) is 5.51 Å². The SMILES string of the molecule is BC(B)(B)C(c1ccc2scnc2c1)N1CCN(c2ncc(S(C)(=N)=O)cn2)CC1. The molecule has 1 aliphatic heterocycles. The Morgan fingerprint density at radius 1 is 1.13 bits per heavy atom. The van der Waals surface area contributed by atoms with Crippen LogP contribution >= 0.6 is 11.3 Å². The number of piperazine rings is 1. The fourth-order valence-electron chi connectivity index (χ4n) is 4.16. The second-order valence-electron chi connectivity index (χ2n) is 8.93. The Labute approximate surface area is 184 Å². The molecule has 7 nitrogen and oxygen atoms in total. The predicted molar refractivity (Wildman–Crippen MR) is 132 cm³/mol. The van der Waals surface area contributed by atoms with Crippen LogP contribution in [0.5, 0.6) is 0 Å². The Morgan fingerprint density at radius 2 is 1.80 bits per heavy atom. The van der Waals surface area contributed by atoms with Crippen molar-refractivity contribution >= 4 is 60.8 Å². The number of nitrogens with one attached hydrogen (secondary N) is 1. The van der Waals surface area contributed by atoms with Gasteiger partial charge < -0.3 is 4.90 Å². The molecular formula is C18H25B3N6OS2. The maximum Gasteiger partial charge on any atom is 0.225 e. The summed E-state index contributed by atoms with van der Waals surface area (Å²) in [6.45, 7) is 3.47. The number of benzene rings is 1. The van der Waals surface area contributed by atoms with E-state index in [2.05, 4.69) is 66.5 Å². The van der Waals surface area contributed by atoms with Crippen molar-refractivity contribution in [3.63, 3.8) is 0 Å². The number of aromatic nitrogens is 3. The fraction of sp³-hybridized carbons (Fsp3) is 0.389. The lowest BCUT2D eigenvalue weighted by Gasteiger charge is -2.45. The number of thiazole rings is 1. The Bertz CT molecular complexity index is 1140. The van der Waals surface area contributed by atoms with Gasteiger partial charge >= 0.3 is 0 Å². The third-order valence-electron chi connectivity index (χ3n) is 5.52. The molecule has 1 aromatic carbocycles. The van der Waals surface area contributed by atoms with E-state index in [0.29, 0.717) is 16.9 Å². The van der Waals surface area contributed by atoms with Crippen molar-refractivity contribution in [3.8, 4) is 0 Å². The van der Waals surface area contributed by atoms with Crippen LogP contribution in [-0.4, -0.2) is 80.0 Å². The average molecular weight is 438 g/mol. The highest BCUT2D eigenvalue weighted by Crippen LogP contribution is 2.38. The molecule has 1 saturated heterocycles. The average Bonchev–Trinajstić information content (AvgIpc) is 3.15. The molecule has 0 spiro atoms. The maximum atomic E-state index is 11.8. The van der Waals surface area contributed by atoms with Crippen LogP contribution < -0.4 is 4.90 Å². The Kier molecular flexibility index (Phi) is 5.67. The van der Waals surface area contributed by atoms with Gasteiger partial charge in [-0.15, -0.1) is 11.3 Å². The van der Waals surface area contributed by atoms with E-state index >= 15 is 0 Å². The minimum Gasteiger partial charge on any atom is -0.338 e. The highest BCUT2D eigenvalue weighted by molar-refractivity contribution is 7.91. The summed E-state index contributed by atoms with van der Waals surface area (Å²) in [4.78, 5) is 18.3. The van der Waals surface area contributed by atoms with E-state index in [1.54, 1.807) is 11.3 Å². The summed E-state index contributed by atoms with van der Waals surface area (Å²) in [5.41, 5.74) is 4.28. The maximum absolute atomic E-state index is 11.8. The molecule has 4 rings (SSSR count). The molecule has 12 heteroatoms. The van der Waals surface area contributed by atoms with Gasteiger partial charge in [-0.3, -0.25) is 4.90 Å². The number of fused-ring (bicyclic) bond motifs is 1. The summed E-state index contributed by atoms with van der Waals surface area (Å²) in [7, 11) is 4.09. The lowest BCUT2D eigenvalue weighted by Crippen LogP contribution is -2.51. The normalized spacial score (nSPS) is 18.9. The molecule has 2 atom stereocenters. The Morgan fingerprint density at radius 3 is 2.40 bits per heavy atom. The van der Waals surface area contributed by atoms with Crippen molar-refractivity contribution < 1.29 is 4.21 Å². The molecule has 30 heavy (non-hydrogen) atoms. The van der Waals surface area contributed by atoms with Gasteiger partial charge in [-0.25, -0.2) is 23.9 Å². The van der Waals surface area contributed by atoms with E-state index in [9.17, 15) is 4.21 Å². The summed E-state index contributed by atoms with van der Waals surface area (Å²) in [5, 5.41) is 0.0828. The van der Waals surface area contributed by atoms with E-state index < -0.39 is 9.73 Å². The first-order valence-electron chi connectivity index (χ1n) is 10.0. The lowest BCUT2D eigenvalue weighted by molar-refractivity contribution is 0.184. The van der Waals surface area contributed by atoms with Crippen molar-refractivity contribution in [3.05, 3.63) is 41.7 Å². The number of nitrogens with zero attached hydrogens (tertiary/aromatic N) is 5. The van der Waals surface area contributed by atoms with Gasteiger partial charge in [-0.1, -0.05) is 11.2 Å². The second kappa shape index (κ2) is 7.98. The number of rotatable bonds is 5. The van der Waals surface area contributed by atoms with Gasteiger partial charge in [0.2, 0.25) is 5.95 Å². The van der Waals surface area contributed by atoms with Crippen LogP contribution in [0.1, 0.15) is 11.6 Å². The standard InChI is InChI=1S/C18H25B3N6OS2/c1-30(22,28)13-9-23-17(24-10-13)27-6-4-26(5-7-27)16(18(19,20)21)12-2-3-15-14(8-12)25-11-29-15/h2-3,8-11,16,22H,4-7,19-21H2,1H3. The Hall–Kier alpha value is -1.91. The molecular weight excluding hydrogens is 413 g/mol. The predicted octanol–water partition coefficient (Wildman–Crippen LogP) is -0.0419. The van der Waals surface area contributed by atoms with Crippen LogP contribution in [0.3, 0.4) is 0 Å². The third kappa shape index (κ3) is 4.40. The number of anilines is 1. The van der Waals surface area contributed by atoms with Gasteiger partial charge in [0.1, 0.15) is 0 Å². The summed E-state index contributed by atoms with van der Waals surface area (Å²) in [5.74, 6) is 0.637. The largest absolute Gasteiger partial charge is 0.338 e. The molecule has 154 valence electrons. The number of hydrogen-bond donors (Lipinski definition) is 1. The molecule has 2 unspecified atom stereocenters. The molecule has 1 fully saturated rings. The van der Waals surface area contributed by atoms with Crippen molar-refractivity contribution in [1.29, 1.82) is 4.78 Å². The molecule has 0 aliphatic carbocycles. The van der Waals surface area contributed by atoms with Crippen LogP contribution in [0.25, 0.3) is 10.2 Å². The van der Waals surface area contributed by atoms with Crippen LogP contribution in [0, 0.1) is 4.78 Å². The molecule has 0 radical (unpaired) electrons. The summed E-state index contributed by atoms with van der Waals surface area (Å²) in [6.07, 6.45) is 4.43. The van der Waals surface area contributed by atoms with E-state index in [1.165, 1.54) is 28.9 Å². The van der Waals surface area contributed by atoms with Crippen molar-refractivity contribution in [2.24, 2.45) is 0 Å². The van der Waals surface area contributed by atoms with Gasteiger partial charge in [0.25, 0.3) is 0 Å². The van der Waals surface area contributed by atoms with Crippen LogP contribution in [-0.2, 0) is 9.73 Å². The molecule has 2 aromatic heterocycles. The minimum absolute atomic E-state index is 0.0828. The van der Waals surface area contributed by atoms with Crippen LogP contribution in [0.2, 0.25) is 5.11 Å². The third-order valence-corrected chi connectivity index (χ3v) is 7.44. The quantitative estimate of drug-likeness (QED) is 0.563. The summed E-state index contributed by atoms with van der Waals surface area (Å²) in [6, 6.07) is 6.96. The van der Waals surface area contributed by atoms with Gasteiger partial charge in [-0.2, -0.15) is 0 Å². The molecule has 0 bridgehead atoms. The highest BCUT2D eigenvalue weighted by atomic mass is 32.2. The smallest absolute Gasteiger partial charge is 0.225 e. The number of hydrogen-bond acceptors (Lipinski definition) is 8. The topological polar surface area (TPSA) is 86.1 Å². The van der Waals surface area contributed by atoms with Crippen molar-refractivity contribution in [2.75, 3.05) is 37.3 Å². The summed E-state index contributed by atoms with van der Waals surface area (Å²) < 4.78 is 20.7. The van der Waals surface area contributed by atoms with Crippen molar-refractivity contribution in [2.45, 2.75) is 16.1 Å². The zero-order chi connectivity index (χ0) is 21.5. The molecule has 1 N–H and O–H groups in total. The zero-order valence-corrected chi connectivity index (χ0v) is 19.5. The fourth-order valence-corrected chi connectivity index (χ4v) is 5.32. The van der Waals surface area contributed by atoms with E-state index in [4.69, 9.17) is 4.78 Å². The van der Waals surface area contributed by atoms with Gasteiger partial charge in [0.15, 0.2) is 0 Å². The molecule has 0 saturated carbocycles. The zero-order valence-electron chi connectivity index (χ0n) is 17.8. The molecule has 0 amide bonds. The van der Waals surface area contributed by atoms with Crippen molar-refractivity contribution in [1.82, 2.24) is 19.9 Å². The molecule has 3 aromatic rings. The van der Waals surface area contributed by atoms with E-state index in [0.717, 1.165) is 31.7 Å². The monoisotopic (exact) mass is 438 g/mol. The van der Waals surface area contributed by atoms with Gasteiger partial charge in [0, 0.05) is 50.9 Å².